The molecule has 1 aromatic carbocycles. The molecule has 2 aromatic heterocycles. The molecule has 0 spiro atoms. The Hall–Kier alpha value is -2.67. The van der Waals surface area contributed by atoms with Gasteiger partial charge in [0, 0.05) is 30.1 Å². The molecule has 7 heteroatoms. The van der Waals surface area contributed by atoms with E-state index in [1.807, 2.05) is 55.2 Å². The number of amides is 1. The normalized spacial score (nSPS) is 10.8. The molecule has 0 aliphatic carbocycles. The highest BCUT2D eigenvalue weighted by Crippen LogP contribution is 2.26. The number of nitrogens with one attached hydrogen (secondary N) is 1. The van der Waals surface area contributed by atoms with Gasteiger partial charge in [0.25, 0.3) is 0 Å². The Bertz CT molecular complexity index is 912. The second-order valence-electron chi connectivity index (χ2n) is 6.09. The fourth-order valence-electron chi connectivity index (χ4n) is 2.83. The molecule has 1 N–H and O–H groups in total. The lowest BCUT2D eigenvalue weighted by Gasteiger charge is -2.03. The van der Waals surface area contributed by atoms with Crippen LogP contribution >= 0.6 is 11.3 Å². The minimum atomic E-state index is -0.0386. The van der Waals surface area contributed by atoms with Crippen molar-refractivity contribution in [1.29, 1.82) is 0 Å². The molecule has 26 heavy (non-hydrogen) atoms. The van der Waals surface area contributed by atoms with Crippen molar-refractivity contribution in [3.8, 4) is 17.0 Å². The molecule has 0 fully saturated rings. The molecule has 1 amide bonds. The zero-order valence-electron chi connectivity index (χ0n) is 15.4. The fraction of sp³-hybridized carbons (Fsp3) is 0.316. The maximum Gasteiger partial charge on any atom is 0.226 e. The van der Waals surface area contributed by atoms with Crippen LogP contribution in [0.2, 0.25) is 0 Å². The van der Waals surface area contributed by atoms with Crippen molar-refractivity contribution in [2.24, 2.45) is 7.05 Å². The van der Waals surface area contributed by atoms with Crippen LogP contribution in [0, 0.1) is 13.8 Å². The lowest BCUT2D eigenvalue weighted by atomic mass is 10.1. The molecule has 0 bridgehead atoms. The molecule has 2 heterocycles. The first-order valence-electron chi connectivity index (χ1n) is 8.37. The summed E-state index contributed by atoms with van der Waals surface area (Å²) in [5.41, 5.74) is 5.05. The van der Waals surface area contributed by atoms with Gasteiger partial charge >= 0.3 is 0 Å². The molecule has 0 aliphatic rings. The zero-order chi connectivity index (χ0) is 18.7. The highest BCUT2D eigenvalue weighted by molar-refractivity contribution is 7.14. The van der Waals surface area contributed by atoms with Crippen molar-refractivity contribution < 1.29 is 9.53 Å². The average molecular weight is 370 g/mol. The second kappa shape index (κ2) is 7.70. The van der Waals surface area contributed by atoms with Gasteiger partial charge in [0.1, 0.15) is 5.75 Å². The van der Waals surface area contributed by atoms with Crippen LogP contribution in [0.15, 0.2) is 29.6 Å². The first-order chi connectivity index (χ1) is 12.5. The number of aryl methyl sites for hydroxylation is 2. The van der Waals surface area contributed by atoms with Crippen molar-refractivity contribution in [2.75, 3.05) is 12.4 Å². The molecule has 0 unspecified atom stereocenters. The summed E-state index contributed by atoms with van der Waals surface area (Å²) in [6.45, 7) is 4.00. The Kier molecular flexibility index (Phi) is 5.37. The Labute approximate surface area is 156 Å². The van der Waals surface area contributed by atoms with Crippen molar-refractivity contribution in [2.45, 2.75) is 26.7 Å². The van der Waals surface area contributed by atoms with Crippen molar-refractivity contribution >= 4 is 22.4 Å². The number of carbonyl (C=O) groups excluding carboxylic acids is 1. The van der Waals surface area contributed by atoms with Crippen molar-refractivity contribution in [3.63, 3.8) is 0 Å². The molecule has 0 radical (unpaired) electrons. The van der Waals surface area contributed by atoms with E-state index < -0.39 is 0 Å². The van der Waals surface area contributed by atoms with Gasteiger partial charge in [0.15, 0.2) is 5.13 Å². The van der Waals surface area contributed by atoms with Crippen LogP contribution in [0.4, 0.5) is 5.13 Å². The topological polar surface area (TPSA) is 69.0 Å². The summed E-state index contributed by atoms with van der Waals surface area (Å²) < 4.78 is 7.02. The monoisotopic (exact) mass is 370 g/mol. The highest BCUT2D eigenvalue weighted by Gasteiger charge is 2.13. The van der Waals surface area contributed by atoms with E-state index >= 15 is 0 Å². The highest BCUT2D eigenvalue weighted by atomic mass is 32.1. The number of benzene rings is 1. The third-order valence-electron chi connectivity index (χ3n) is 4.40. The number of carbonyl (C=O) groups is 1. The van der Waals surface area contributed by atoms with Crippen LogP contribution in [-0.4, -0.2) is 27.8 Å². The summed E-state index contributed by atoms with van der Waals surface area (Å²) in [5, 5.41) is 9.82. The van der Waals surface area contributed by atoms with Gasteiger partial charge in [-0.25, -0.2) is 4.98 Å². The van der Waals surface area contributed by atoms with Gasteiger partial charge in [-0.05, 0) is 50.1 Å². The molecule has 0 saturated heterocycles. The molecule has 3 rings (SSSR count). The Balaban J connectivity index is 1.60. The number of aromatic nitrogens is 3. The van der Waals surface area contributed by atoms with E-state index in [0.717, 1.165) is 34.0 Å². The van der Waals surface area contributed by atoms with Crippen LogP contribution in [0.3, 0.4) is 0 Å². The Morgan fingerprint density at radius 3 is 2.62 bits per heavy atom. The van der Waals surface area contributed by atoms with Gasteiger partial charge in [-0.2, -0.15) is 5.10 Å². The maximum atomic E-state index is 12.3. The molecular formula is C19H22N4O2S. The SMILES string of the molecule is COc1ccc(-c2csc(NC(=O)CCc3c(C)nn(C)c3C)n2)cc1. The van der Waals surface area contributed by atoms with E-state index in [1.165, 1.54) is 11.3 Å². The predicted octanol–water partition coefficient (Wildman–Crippen LogP) is 3.74. The number of ether oxygens (including phenoxy) is 1. The summed E-state index contributed by atoms with van der Waals surface area (Å²) in [4.78, 5) is 16.8. The molecular weight excluding hydrogens is 348 g/mol. The van der Waals surface area contributed by atoms with Crippen molar-refractivity contribution in [3.05, 3.63) is 46.6 Å². The zero-order valence-corrected chi connectivity index (χ0v) is 16.2. The van der Waals surface area contributed by atoms with Crippen LogP contribution in [-0.2, 0) is 18.3 Å². The van der Waals surface area contributed by atoms with Gasteiger partial charge < -0.3 is 10.1 Å². The quantitative estimate of drug-likeness (QED) is 0.718. The number of methoxy groups -OCH3 is 1. The van der Waals surface area contributed by atoms with E-state index in [1.54, 1.807) is 7.11 Å². The lowest BCUT2D eigenvalue weighted by Crippen LogP contribution is -2.12. The Morgan fingerprint density at radius 1 is 1.27 bits per heavy atom. The van der Waals surface area contributed by atoms with E-state index in [-0.39, 0.29) is 5.91 Å². The molecule has 136 valence electrons. The number of nitrogens with zero attached hydrogens (tertiary/aromatic N) is 3. The first kappa shape index (κ1) is 18.1. The van der Waals surface area contributed by atoms with E-state index in [2.05, 4.69) is 15.4 Å². The summed E-state index contributed by atoms with van der Waals surface area (Å²) >= 11 is 1.42. The number of thiazole rings is 1. The summed E-state index contributed by atoms with van der Waals surface area (Å²) in [5.74, 6) is 0.766. The van der Waals surface area contributed by atoms with Crippen LogP contribution < -0.4 is 10.1 Å². The minimum Gasteiger partial charge on any atom is -0.497 e. The minimum absolute atomic E-state index is 0.0386. The predicted molar refractivity (Wildman–Crippen MR) is 104 cm³/mol. The van der Waals surface area contributed by atoms with Gasteiger partial charge in [0.05, 0.1) is 18.5 Å². The summed E-state index contributed by atoms with van der Waals surface area (Å²) in [7, 11) is 3.56. The van der Waals surface area contributed by atoms with Gasteiger partial charge in [-0.15, -0.1) is 11.3 Å². The number of hydrogen-bond acceptors (Lipinski definition) is 5. The number of anilines is 1. The first-order valence-corrected chi connectivity index (χ1v) is 9.24. The maximum absolute atomic E-state index is 12.3. The van der Waals surface area contributed by atoms with E-state index in [4.69, 9.17) is 4.74 Å². The van der Waals surface area contributed by atoms with Crippen molar-refractivity contribution in [1.82, 2.24) is 14.8 Å². The number of hydrogen-bond donors (Lipinski definition) is 1. The third-order valence-corrected chi connectivity index (χ3v) is 5.15. The summed E-state index contributed by atoms with van der Waals surface area (Å²) in [6.07, 6.45) is 1.08. The van der Waals surface area contributed by atoms with E-state index in [0.29, 0.717) is 18.0 Å². The number of rotatable bonds is 6. The van der Waals surface area contributed by atoms with E-state index in [9.17, 15) is 4.79 Å². The van der Waals surface area contributed by atoms with Crippen LogP contribution in [0.1, 0.15) is 23.4 Å². The smallest absolute Gasteiger partial charge is 0.226 e. The lowest BCUT2D eigenvalue weighted by molar-refractivity contribution is -0.116. The largest absolute Gasteiger partial charge is 0.497 e. The van der Waals surface area contributed by atoms with Gasteiger partial charge in [-0.1, -0.05) is 0 Å². The third kappa shape index (κ3) is 3.94. The molecule has 3 aromatic rings. The molecule has 6 nitrogen and oxygen atoms in total. The molecule has 0 saturated carbocycles. The van der Waals surface area contributed by atoms with Crippen LogP contribution in [0.5, 0.6) is 5.75 Å². The van der Waals surface area contributed by atoms with Crippen LogP contribution in [0.25, 0.3) is 11.3 Å². The second-order valence-corrected chi connectivity index (χ2v) is 6.95. The Morgan fingerprint density at radius 2 is 2.00 bits per heavy atom. The average Bonchev–Trinajstić information content (AvgIpc) is 3.18. The molecule has 0 atom stereocenters. The fourth-order valence-corrected chi connectivity index (χ4v) is 3.56. The van der Waals surface area contributed by atoms with Gasteiger partial charge in [0.2, 0.25) is 5.91 Å². The standard InChI is InChI=1S/C19H22N4O2S/c1-12-16(13(2)23(3)22-12)9-10-18(24)21-19-20-17(11-26-19)14-5-7-15(25-4)8-6-14/h5-8,11H,9-10H2,1-4H3,(H,20,21,24). The molecule has 0 aliphatic heterocycles. The summed E-state index contributed by atoms with van der Waals surface area (Å²) in [6, 6.07) is 7.69. The van der Waals surface area contributed by atoms with Gasteiger partial charge in [-0.3, -0.25) is 9.48 Å².